The fourth-order valence-electron chi connectivity index (χ4n) is 3.53. The third-order valence-corrected chi connectivity index (χ3v) is 5.08. The molecule has 0 unspecified atom stereocenters. The highest BCUT2D eigenvalue weighted by atomic mass is 19.4. The predicted molar refractivity (Wildman–Crippen MR) is 101 cm³/mol. The number of anilines is 1. The molecule has 0 radical (unpaired) electrons. The first-order valence-electron chi connectivity index (χ1n) is 9.54. The number of amides is 1. The molecule has 3 rings (SSSR count). The number of rotatable bonds is 6. The zero-order chi connectivity index (χ0) is 20.1. The molecule has 1 aromatic carbocycles. The van der Waals surface area contributed by atoms with Gasteiger partial charge in [0.1, 0.15) is 0 Å². The summed E-state index contributed by atoms with van der Waals surface area (Å²) in [5.74, 6) is 0.269. The number of halogens is 3. The number of benzene rings is 1. The van der Waals surface area contributed by atoms with Crippen molar-refractivity contribution in [2.75, 3.05) is 18.4 Å². The minimum absolute atomic E-state index is 0.0213. The number of carbonyl (C=O) groups is 1. The topological polar surface area (TPSA) is 50.2 Å². The second-order valence-corrected chi connectivity index (χ2v) is 7.25. The molecule has 1 saturated heterocycles. The minimum atomic E-state index is -4.32. The number of nitrogens with zero attached hydrogens (tertiary/aromatic N) is 3. The molecule has 0 atom stereocenters. The molecule has 0 aliphatic carbocycles. The molecule has 152 valence electrons. The van der Waals surface area contributed by atoms with Gasteiger partial charge in [-0.3, -0.25) is 14.4 Å². The number of likely N-dealkylation sites (tertiary alicyclic amines) is 1. The zero-order valence-corrected chi connectivity index (χ0v) is 15.9. The van der Waals surface area contributed by atoms with Gasteiger partial charge in [-0.1, -0.05) is 18.2 Å². The minimum Gasteiger partial charge on any atom is -0.323 e. The molecule has 1 aromatic heterocycles. The number of aryl methyl sites for hydroxylation is 1. The van der Waals surface area contributed by atoms with Crippen LogP contribution >= 0.6 is 0 Å². The monoisotopic (exact) mass is 394 g/mol. The number of nitrogens with one attached hydrogen (secondary N) is 1. The van der Waals surface area contributed by atoms with Gasteiger partial charge >= 0.3 is 6.18 Å². The zero-order valence-electron chi connectivity index (χ0n) is 15.9. The summed E-state index contributed by atoms with van der Waals surface area (Å²) in [6.07, 6.45) is 1.30. The Morgan fingerprint density at radius 2 is 2.04 bits per heavy atom. The van der Waals surface area contributed by atoms with Crippen LogP contribution in [0.5, 0.6) is 0 Å². The van der Waals surface area contributed by atoms with Crippen LogP contribution in [0.4, 0.5) is 18.9 Å². The quantitative estimate of drug-likeness (QED) is 0.800. The number of alkyl halides is 3. The van der Waals surface area contributed by atoms with E-state index in [1.165, 1.54) is 12.1 Å². The lowest BCUT2D eigenvalue weighted by Crippen LogP contribution is -2.34. The van der Waals surface area contributed by atoms with Crippen molar-refractivity contribution < 1.29 is 18.0 Å². The summed E-state index contributed by atoms with van der Waals surface area (Å²) in [6, 6.07) is 5.50. The van der Waals surface area contributed by atoms with Crippen molar-refractivity contribution in [1.82, 2.24) is 14.7 Å². The normalized spacial score (nSPS) is 16.3. The van der Waals surface area contributed by atoms with Crippen molar-refractivity contribution in [3.8, 4) is 0 Å². The molecule has 1 aliphatic rings. The first kappa shape index (κ1) is 20.4. The molecule has 1 fully saturated rings. The lowest BCUT2D eigenvalue weighted by atomic mass is 9.93. The van der Waals surface area contributed by atoms with Crippen LogP contribution in [0.15, 0.2) is 36.7 Å². The smallest absolute Gasteiger partial charge is 0.323 e. The molecule has 0 bridgehead atoms. The molecule has 1 aliphatic heterocycles. The van der Waals surface area contributed by atoms with Gasteiger partial charge in [0.2, 0.25) is 5.91 Å². The van der Waals surface area contributed by atoms with E-state index in [2.05, 4.69) is 15.3 Å². The second kappa shape index (κ2) is 8.77. The molecule has 1 amide bonds. The summed E-state index contributed by atoms with van der Waals surface area (Å²) in [4.78, 5) is 14.4. The van der Waals surface area contributed by atoms with E-state index >= 15 is 0 Å². The molecule has 0 saturated carbocycles. The molecule has 2 heterocycles. The number of hydrogen-bond donors (Lipinski definition) is 1. The van der Waals surface area contributed by atoms with Crippen LogP contribution in [0, 0.1) is 5.92 Å². The SMILES string of the molecule is CCn1cc(NC(=O)CC2CCN(Cc3cccc(C(F)(F)F)c3)CC2)cn1. The number of carbonyl (C=O) groups excluding carboxylic acids is 1. The third kappa shape index (κ3) is 5.58. The van der Waals surface area contributed by atoms with Crippen molar-refractivity contribution in [2.45, 2.75) is 45.5 Å². The highest BCUT2D eigenvalue weighted by Crippen LogP contribution is 2.30. The maximum atomic E-state index is 12.8. The van der Waals surface area contributed by atoms with Crippen molar-refractivity contribution in [3.63, 3.8) is 0 Å². The lowest BCUT2D eigenvalue weighted by Gasteiger charge is -2.31. The Bertz CT molecular complexity index is 795. The Kier molecular flexibility index (Phi) is 6.39. The van der Waals surface area contributed by atoms with E-state index in [4.69, 9.17) is 0 Å². The molecule has 2 aromatic rings. The Hall–Kier alpha value is -2.35. The highest BCUT2D eigenvalue weighted by Gasteiger charge is 2.30. The third-order valence-electron chi connectivity index (χ3n) is 5.08. The Balaban J connectivity index is 1.45. The summed E-state index contributed by atoms with van der Waals surface area (Å²) < 4.78 is 40.3. The largest absolute Gasteiger partial charge is 0.416 e. The van der Waals surface area contributed by atoms with Crippen molar-refractivity contribution >= 4 is 11.6 Å². The summed E-state index contributed by atoms with van der Waals surface area (Å²) in [5.41, 5.74) is 0.760. The number of piperidine rings is 1. The first-order chi connectivity index (χ1) is 13.3. The van der Waals surface area contributed by atoms with E-state index in [0.717, 1.165) is 38.5 Å². The van der Waals surface area contributed by atoms with E-state index in [-0.39, 0.29) is 5.91 Å². The summed E-state index contributed by atoms with van der Waals surface area (Å²) >= 11 is 0. The Morgan fingerprint density at radius 3 is 2.68 bits per heavy atom. The second-order valence-electron chi connectivity index (χ2n) is 7.25. The average molecular weight is 394 g/mol. The molecular weight excluding hydrogens is 369 g/mol. The van der Waals surface area contributed by atoms with Crippen molar-refractivity contribution in [3.05, 3.63) is 47.8 Å². The summed E-state index contributed by atoms with van der Waals surface area (Å²) in [5, 5.41) is 7.00. The number of hydrogen-bond acceptors (Lipinski definition) is 3. The maximum absolute atomic E-state index is 12.8. The standard InChI is InChI=1S/C20H25F3N4O/c1-2-27-14-18(12-24-27)25-19(28)11-15-6-8-26(9-7-15)13-16-4-3-5-17(10-16)20(21,22)23/h3-5,10,12,14-15H,2,6-9,11,13H2,1H3,(H,25,28). The lowest BCUT2D eigenvalue weighted by molar-refractivity contribution is -0.137. The molecule has 1 N–H and O–H groups in total. The van der Waals surface area contributed by atoms with E-state index in [9.17, 15) is 18.0 Å². The van der Waals surface area contributed by atoms with Crippen molar-refractivity contribution in [1.29, 1.82) is 0 Å². The fourth-order valence-corrected chi connectivity index (χ4v) is 3.53. The van der Waals surface area contributed by atoms with E-state index in [1.807, 2.05) is 6.92 Å². The van der Waals surface area contributed by atoms with Crippen LogP contribution in [0.25, 0.3) is 0 Å². The van der Waals surface area contributed by atoms with E-state index in [0.29, 0.717) is 30.1 Å². The van der Waals surface area contributed by atoms with Gasteiger partial charge in [-0.05, 0) is 50.4 Å². The average Bonchev–Trinajstić information content (AvgIpc) is 3.10. The van der Waals surface area contributed by atoms with Crippen LogP contribution in [0.1, 0.15) is 37.3 Å². The predicted octanol–water partition coefficient (Wildman–Crippen LogP) is 4.16. The molecule has 8 heteroatoms. The van der Waals surface area contributed by atoms with Crippen LogP contribution in [0.2, 0.25) is 0 Å². The summed E-state index contributed by atoms with van der Waals surface area (Å²) in [6.45, 7) is 4.79. The van der Waals surface area contributed by atoms with Gasteiger partial charge < -0.3 is 5.32 Å². The summed E-state index contributed by atoms with van der Waals surface area (Å²) in [7, 11) is 0. The van der Waals surface area contributed by atoms with Gasteiger partial charge in [-0.15, -0.1) is 0 Å². The van der Waals surface area contributed by atoms with Gasteiger partial charge in [-0.2, -0.15) is 18.3 Å². The molecular formula is C20H25F3N4O. The fraction of sp³-hybridized carbons (Fsp3) is 0.500. The Morgan fingerprint density at radius 1 is 1.29 bits per heavy atom. The van der Waals surface area contributed by atoms with Crippen molar-refractivity contribution in [2.24, 2.45) is 5.92 Å². The van der Waals surface area contributed by atoms with Gasteiger partial charge in [0.25, 0.3) is 0 Å². The molecule has 28 heavy (non-hydrogen) atoms. The first-order valence-corrected chi connectivity index (χ1v) is 9.54. The number of aromatic nitrogens is 2. The van der Waals surface area contributed by atoms with Crippen LogP contribution in [0.3, 0.4) is 0 Å². The molecule has 0 spiro atoms. The Labute approximate surface area is 162 Å². The molecule has 5 nitrogen and oxygen atoms in total. The highest BCUT2D eigenvalue weighted by molar-refractivity contribution is 5.90. The van der Waals surface area contributed by atoms with Crippen LogP contribution in [-0.2, 0) is 24.1 Å². The van der Waals surface area contributed by atoms with Gasteiger partial charge in [0.15, 0.2) is 0 Å². The van der Waals surface area contributed by atoms with E-state index < -0.39 is 11.7 Å². The van der Waals surface area contributed by atoms with E-state index in [1.54, 1.807) is 23.1 Å². The maximum Gasteiger partial charge on any atom is 0.416 e. The van der Waals surface area contributed by atoms with Crippen LogP contribution < -0.4 is 5.32 Å². The van der Waals surface area contributed by atoms with Crippen LogP contribution in [-0.4, -0.2) is 33.7 Å². The van der Waals surface area contributed by atoms with Gasteiger partial charge in [0, 0.05) is 25.7 Å². The van der Waals surface area contributed by atoms with Gasteiger partial charge in [-0.25, -0.2) is 0 Å². The van der Waals surface area contributed by atoms with Gasteiger partial charge in [0.05, 0.1) is 17.4 Å².